The number of fused-ring (bicyclic) bond motifs is 1. The van der Waals surface area contributed by atoms with Gasteiger partial charge in [-0.3, -0.25) is 4.99 Å². The molecule has 0 aromatic heterocycles. The van der Waals surface area contributed by atoms with Gasteiger partial charge in [0.25, 0.3) is 0 Å². The second-order valence-corrected chi connectivity index (χ2v) is 18.2. The largest absolute Gasteiger partial charge is 0.297 e. The molecule has 3 atom stereocenters. The zero-order chi connectivity index (χ0) is 93.7. The Labute approximate surface area is 775 Å². The van der Waals surface area contributed by atoms with E-state index in [4.69, 9.17) is 12.8 Å². The molecule has 0 aromatic carbocycles. The number of hydrogen-bond acceptors (Lipinski definition) is 1. The van der Waals surface area contributed by atoms with Crippen LogP contribution in [0, 0.1) is 729 Å². The number of aliphatic imine (C=N–C) groups is 1. The zero-order valence-corrected chi connectivity index (χ0v) is 68.0. The molecule has 546 valence electrons. The van der Waals surface area contributed by atoms with Crippen LogP contribution in [0.25, 0.3) is 0 Å². The molecule has 0 bridgehead atoms. The van der Waals surface area contributed by atoms with Crippen LogP contribution in [0.2, 0.25) is 0 Å². The van der Waals surface area contributed by atoms with Crippen molar-refractivity contribution in [2.45, 2.75) is 33.6 Å². The highest BCUT2D eigenvalue weighted by molar-refractivity contribution is 5.66. The first-order chi connectivity index (χ1) is 65.2. The molecular weight excluding hydrogens is 1580 g/mol. The van der Waals surface area contributed by atoms with E-state index in [1.54, 1.807) is 20.8 Å². The van der Waals surface area contributed by atoms with Crippen LogP contribution >= 0.6 is 0 Å². The number of hydrogen-bond donors (Lipinski definition) is 0. The Balaban J connectivity index is 0.00000195. The van der Waals surface area contributed by atoms with Gasteiger partial charge >= 0.3 is 0 Å². The van der Waals surface area contributed by atoms with Crippen molar-refractivity contribution in [3.8, 4) is 711 Å². The third kappa shape index (κ3) is 88.7. The van der Waals surface area contributed by atoms with E-state index in [2.05, 4.69) is 710 Å². The second kappa shape index (κ2) is 97.5. The van der Waals surface area contributed by atoms with Crippen LogP contribution in [0.4, 0.5) is 0 Å². The van der Waals surface area contributed by atoms with E-state index in [0.29, 0.717) is 17.8 Å². The van der Waals surface area contributed by atoms with Crippen molar-refractivity contribution in [1.82, 2.24) is 0 Å². The minimum atomic E-state index is 0.358. The van der Waals surface area contributed by atoms with Gasteiger partial charge in [-0.05, 0) is 324 Å². The fourth-order valence-corrected chi connectivity index (χ4v) is 5.73. The maximum atomic E-state index is 4.94. The van der Waals surface area contributed by atoms with Gasteiger partial charge in [-0.2, -0.15) is 0 Å². The van der Waals surface area contributed by atoms with Crippen LogP contribution in [0.1, 0.15) is 33.6 Å². The predicted molar refractivity (Wildman–Crippen MR) is 519 cm³/mol. The van der Waals surface area contributed by atoms with Crippen molar-refractivity contribution < 1.29 is 0 Å². The van der Waals surface area contributed by atoms with Gasteiger partial charge in [-0.15, -0.1) is 12.8 Å². The standard InChI is InChI=1S/C49H11N.C41H4.C40H6/c1-2-3-4-5-6-7-8-9-10-11-12-13-14-15-16-17-18-19-20-21-22-23-24-25-26-27-28-29-30-31-32-33-34-35-36-37-38-39-40-41-42-47-43-44-48-45-50-46-49(47)48;1-3-5-7-9-11-13-15-17-19-21-23-25-27-29-31-33-35-37-39-41-40-38-36-34-32-30-28-26-24-22-20-18-16-14-12-10-8-6-4-2;1-3-5-7-9-11-13-15-17-19-21-23-25-27-29-31-33-35-37-39-40-38-36-34-32-30-28-26-24-22-20-18-16-14-12-10-8-6-4-2/h1,46-49H,43-45H2;1H,2H3;1-2H3. The normalized spacial score (nSPS) is 6.95. The van der Waals surface area contributed by atoms with Gasteiger partial charge in [0.15, 0.2) is 0 Å². The summed E-state index contributed by atoms with van der Waals surface area (Å²) in [5, 5.41) is 0. The molecule has 0 amide bonds. The molecule has 1 saturated carbocycles. The van der Waals surface area contributed by atoms with Gasteiger partial charge in [0.2, 0.25) is 0 Å². The van der Waals surface area contributed by atoms with Gasteiger partial charge < -0.3 is 0 Å². The Kier molecular flexibility index (Phi) is 77.6. The molecule has 0 N–H and O–H groups in total. The van der Waals surface area contributed by atoms with Crippen LogP contribution < -0.4 is 0 Å². The summed E-state index contributed by atoms with van der Waals surface area (Å²) in [5.41, 5.74) is 0. The maximum absolute atomic E-state index is 4.94. The molecule has 1 nitrogen and oxygen atoms in total. The quantitative estimate of drug-likeness (QED) is 0.331. The Morgan fingerprint density at radius 2 is 0.267 bits per heavy atom. The molecule has 0 saturated heterocycles. The summed E-state index contributed by atoms with van der Waals surface area (Å²) in [7, 11) is 0. The monoisotopic (exact) mass is 1600 g/mol. The first-order valence-electron chi connectivity index (χ1n) is 34.4. The minimum absolute atomic E-state index is 0.358. The van der Waals surface area contributed by atoms with E-state index in [1.807, 2.05) is 0 Å². The Hall–Kier alpha value is -26.7. The van der Waals surface area contributed by atoms with Crippen molar-refractivity contribution in [3.05, 3.63) is 0 Å². The van der Waals surface area contributed by atoms with Crippen molar-refractivity contribution in [2.24, 2.45) is 22.7 Å². The van der Waals surface area contributed by atoms with Gasteiger partial charge in [-0.25, -0.2) is 0 Å². The summed E-state index contributed by atoms with van der Waals surface area (Å²) in [4.78, 5) is 4.35. The van der Waals surface area contributed by atoms with Crippen LogP contribution in [0.15, 0.2) is 4.99 Å². The summed E-state index contributed by atoms with van der Waals surface area (Å²) >= 11 is 0. The first kappa shape index (κ1) is 104. The van der Waals surface area contributed by atoms with Crippen molar-refractivity contribution in [1.29, 1.82) is 0 Å². The fourth-order valence-electron chi connectivity index (χ4n) is 5.73. The van der Waals surface area contributed by atoms with Gasteiger partial charge in [0.05, 0.1) is 0 Å². The molecule has 131 heavy (non-hydrogen) atoms. The molecule has 1 aliphatic heterocycles. The van der Waals surface area contributed by atoms with Crippen molar-refractivity contribution in [2.75, 3.05) is 6.54 Å². The van der Waals surface area contributed by atoms with E-state index in [1.165, 1.54) is 6.42 Å². The third-order valence-electron chi connectivity index (χ3n) is 10.1. The Morgan fingerprint density at radius 1 is 0.153 bits per heavy atom. The second-order valence-electron chi connectivity index (χ2n) is 18.2. The molecule has 3 unspecified atom stereocenters. The lowest BCUT2D eigenvalue weighted by Gasteiger charge is -2.08. The van der Waals surface area contributed by atoms with Crippen LogP contribution in [0.3, 0.4) is 0 Å². The summed E-state index contributed by atoms with van der Waals surface area (Å²) in [6, 6.07) is 0. The molecule has 2 aliphatic rings. The molecule has 1 heteroatoms. The molecule has 1 heterocycles. The van der Waals surface area contributed by atoms with Gasteiger partial charge in [0, 0.05) is 415 Å². The zero-order valence-electron chi connectivity index (χ0n) is 68.0. The van der Waals surface area contributed by atoms with Crippen LogP contribution in [-0.4, -0.2) is 12.8 Å². The fraction of sp³-hybridized carbons (Fsp3) is 0.0692. The molecule has 0 spiro atoms. The molecule has 2 rings (SSSR count). The highest BCUT2D eigenvalue weighted by atomic mass is 14.8. The smallest absolute Gasteiger partial charge is 0.0420 e. The Bertz CT molecular complexity index is 9020. The van der Waals surface area contributed by atoms with E-state index >= 15 is 0 Å². The predicted octanol–water partition coefficient (Wildman–Crippen LogP) is 3.21. The highest BCUT2D eigenvalue weighted by Crippen LogP contribution is 2.38. The van der Waals surface area contributed by atoms with Crippen LogP contribution in [0.5, 0.6) is 0 Å². The van der Waals surface area contributed by atoms with E-state index < -0.39 is 0 Å². The number of nitrogens with zero attached hydrogens (tertiary/aromatic N) is 1. The summed E-state index contributed by atoms with van der Waals surface area (Å²) in [6.07, 6.45) is 14.2. The molecular formula is C130H21N. The van der Waals surface area contributed by atoms with E-state index in [-0.39, 0.29) is 0 Å². The summed E-state index contributed by atoms with van der Waals surface area (Å²) < 4.78 is 0. The van der Waals surface area contributed by atoms with E-state index in [9.17, 15) is 0 Å². The Morgan fingerprint density at radius 3 is 0.389 bits per heavy atom. The SMILES string of the molecule is C#CC#CC#CC#CC#CC#CC#CC#CC#CC#CC#CC#CC#CC#CC#CC#CC#CC#CC#CC#CC.C#CC#CC#CC#CC#CC#CC#CC#CC#CC#CC#CC#CC#CC#CC#CC#CC#CC#CC#CC#CC#CC1CCC2CN=CC12.CC#CC#CC#CC#CC#CC#CC#CC#CC#CC#CC#CC#CC#CC#CC#CC#CC#CC#CC#CC. The molecule has 1 aliphatic carbocycles. The average molecular weight is 1600 g/mol. The van der Waals surface area contributed by atoms with Gasteiger partial charge in [0.1, 0.15) is 0 Å². The molecule has 0 aromatic rings. The lowest BCUT2D eigenvalue weighted by atomic mass is 9.93. The topological polar surface area (TPSA) is 12.4 Å². The summed E-state index contributed by atoms with van der Waals surface area (Å²) in [6.45, 7) is 6.01. The number of terminal acetylenes is 2. The van der Waals surface area contributed by atoms with Gasteiger partial charge in [-0.1, -0.05) is 23.7 Å². The number of rotatable bonds is 0. The first-order valence-corrected chi connectivity index (χ1v) is 34.4. The lowest BCUT2D eigenvalue weighted by molar-refractivity contribution is 0.504. The lowest BCUT2D eigenvalue weighted by Crippen LogP contribution is -2.11. The van der Waals surface area contributed by atoms with Crippen LogP contribution in [-0.2, 0) is 0 Å². The van der Waals surface area contributed by atoms with Crippen molar-refractivity contribution >= 4 is 6.21 Å². The average Bonchev–Trinajstić information content (AvgIpc) is 1.68. The van der Waals surface area contributed by atoms with E-state index in [0.717, 1.165) is 13.0 Å². The third-order valence-corrected chi connectivity index (χ3v) is 10.1. The summed E-state index contributed by atoms with van der Waals surface area (Å²) in [5.74, 6) is 298. The molecule has 0 radical (unpaired) electrons. The maximum Gasteiger partial charge on any atom is 0.0420 e. The van der Waals surface area contributed by atoms with Crippen molar-refractivity contribution in [3.63, 3.8) is 0 Å². The minimum Gasteiger partial charge on any atom is -0.297 e. The molecule has 1 fully saturated rings. The highest BCUT2D eigenvalue weighted by Gasteiger charge is 2.36.